The Kier molecular flexibility index (Phi) is 4.68. The Balaban J connectivity index is 2.12. The van der Waals surface area contributed by atoms with Crippen molar-refractivity contribution in [2.24, 2.45) is 5.73 Å². The van der Waals surface area contributed by atoms with E-state index in [1.807, 2.05) is 0 Å². The highest BCUT2D eigenvalue weighted by Crippen LogP contribution is 2.32. The number of hydrogen-bond acceptors (Lipinski definition) is 3. The summed E-state index contributed by atoms with van der Waals surface area (Å²) in [7, 11) is 0. The first-order chi connectivity index (χ1) is 8.66. The summed E-state index contributed by atoms with van der Waals surface area (Å²) < 4.78 is 0. The Morgan fingerprint density at radius 3 is 2.50 bits per heavy atom. The molecular weight excluding hydrogens is 222 g/mol. The number of piperidine rings is 1. The van der Waals surface area contributed by atoms with Gasteiger partial charge in [0.15, 0.2) is 0 Å². The van der Waals surface area contributed by atoms with E-state index < -0.39 is 0 Å². The van der Waals surface area contributed by atoms with E-state index in [0.717, 1.165) is 12.6 Å². The molecular formula is C15H31N3. The van der Waals surface area contributed by atoms with Crippen LogP contribution in [0.25, 0.3) is 0 Å². The first kappa shape index (κ1) is 14.3. The molecule has 18 heavy (non-hydrogen) atoms. The van der Waals surface area contributed by atoms with Crippen LogP contribution in [0.15, 0.2) is 0 Å². The van der Waals surface area contributed by atoms with Gasteiger partial charge in [0.2, 0.25) is 0 Å². The molecule has 0 spiro atoms. The maximum atomic E-state index is 6.13. The normalized spacial score (nSPS) is 31.3. The lowest BCUT2D eigenvalue weighted by molar-refractivity contribution is -0.0482. The van der Waals surface area contributed by atoms with Gasteiger partial charge in [-0.05, 0) is 39.2 Å². The van der Waals surface area contributed by atoms with Crippen molar-refractivity contribution in [1.29, 1.82) is 0 Å². The molecule has 2 N–H and O–H groups in total. The van der Waals surface area contributed by atoms with E-state index in [1.165, 1.54) is 51.7 Å². The molecule has 2 unspecified atom stereocenters. The molecule has 0 aromatic heterocycles. The van der Waals surface area contributed by atoms with Crippen LogP contribution < -0.4 is 5.73 Å². The van der Waals surface area contributed by atoms with Crippen LogP contribution in [0.5, 0.6) is 0 Å². The summed E-state index contributed by atoms with van der Waals surface area (Å²) in [6.07, 6.45) is 6.55. The summed E-state index contributed by atoms with van der Waals surface area (Å²) in [6.45, 7) is 11.6. The Morgan fingerprint density at radius 1 is 1.17 bits per heavy atom. The Labute approximate surface area is 113 Å². The van der Waals surface area contributed by atoms with Gasteiger partial charge in [-0.3, -0.25) is 9.80 Å². The van der Waals surface area contributed by atoms with Crippen molar-refractivity contribution in [3.63, 3.8) is 0 Å². The second-order valence-corrected chi connectivity index (χ2v) is 6.28. The number of nitrogens with two attached hydrogens (primary N) is 1. The fourth-order valence-corrected chi connectivity index (χ4v) is 4.08. The topological polar surface area (TPSA) is 32.5 Å². The summed E-state index contributed by atoms with van der Waals surface area (Å²) in [4.78, 5) is 5.46. The van der Waals surface area contributed by atoms with Crippen LogP contribution in [0.4, 0.5) is 0 Å². The zero-order chi connectivity index (χ0) is 13.2. The molecule has 0 radical (unpaired) electrons. The van der Waals surface area contributed by atoms with Gasteiger partial charge in [-0.25, -0.2) is 0 Å². The molecule has 2 fully saturated rings. The lowest BCUT2D eigenvalue weighted by atomic mass is 9.86. The maximum absolute atomic E-state index is 6.13. The van der Waals surface area contributed by atoms with Crippen molar-refractivity contribution >= 4 is 0 Å². The van der Waals surface area contributed by atoms with E-state index in [4.69, 9.17) is 5.73 Å². The van der Waals surface area contributed by atoms with Crippen LogP contribution >= 0.6 is 0 Å². The molecule has 0 aliphatic carbocycles. The van der Waals surface area contributed by atoms with E-state index in [1.54, 1.807) is 0 Å². The van der Waals surface area contributed by atoms with Gasteiger partial charge in [-0.15, -0.1) is 0 Å². The van der Waals surface area contributed by atoms with Crippen LogP contribution in [-0.2, 0) is 0 Å². The maximum Gasteiger partial charge on any atom is 0.0330 e. The number of hydrogen-bond donors (Lipinski definition) is 1. The molecule has 0 aromatic rings. The largest absolute Gasteiger partial charge is 0.329 e. The van der Waals surface area contributed by atoms with Crippen LogP contribution in [0.1, 0.15) is 52.9 Å². The number of fused-ring (bicyclic) bond motifs is 1. The van der Waals surface area contributed by atoms with Crippen molar-refractivity contribution in [3.05, 3.63) is 0 Å². The minimum Gasteiger partial charge on any atom is -0.329 e. The Bertz CT molecular complexity index is 254. The summed E-state index contributed by atoms with van der Waals surface area (Å²) >= 11 is 0. The van der Waals surface area contributed by atoms with E-state index in [2.05, 4.69) is 30.6 Å². The number of piperazine rings is 1. The van der Waals surface area contributed by atoms with Crippen molar-refractivity contribution < 1.29 is 0 Å². The average molecular weight is 253 g/mol. The number of rotatable bonds is 4. The molecule has 106 valence electrons. The smallest absolute Gasteiger partial charge is 0.0330 e. The van der Waals surface area contributed by atoms with Gasteiger partial charge in [-0.2, -0.15) is 0 Å². The molecule has 0 aromatic carbocycles. The van der Waals surface area contributed by atoms with Gasteiger partial charge in [0, 0.05) is 37.3 Å². The third-order valence-corrected chi connectivity index (χ3v) is 5.49. The van der Waals surface area contributed by atoms with E-state index in [-0.39, 0.29) is 5.54 Å². The quantitative estimate of drug-likeness (QED) is 0.832. The standard InChI is InChI=1S/C15H31N3/c1-4-15(5-2,12-16)18-11-14-8-6-7-9-17(14)10-13(18)3/h13-14H,4-12,16H2,1-3H3. The van der Waals surface area contributed by atoms with E-state index in [0.29, 0.717) is 6.04 Å². The highest BCUT2D eigenvalue weighted by Gasteiger charge is 2.41. The summed E-state index contributed by atoms with van der Waals surface area (Å²) in [5, 5.41) is 0. The molecule has 2 aliphatic rings. The molecule has 2 aliphatic heterocycles. The predicted molar refractivity (Wildman–Crippen MR) is 77.7 cm³/mol. The van der Waals surface area contributed by atoms with Crippen LogP contribution in [0.2, 0.25) is 0 Å². The summed E-state index contributed by atoms with van der Waals surface area (Å²) in [5.74, 6) is 0. The SMILES string of the molecule is CCC(CC)(CN)N1CC2CCCCN2CC1C. The van der Waals surface area contributed by atoms with Crippen molar-refractivity contribution in [2.45, 2.75) is 70.5 Å². The van der Waals surface area contributed by atoms with Crippen molar-refractivity contribution in [2.75, 3.05) is 26.2 Å². The highest BCUT2D eigenvalue weighted by molar-refractivity contribution is 4.99. The summed E-state index contributed by atoms with van der Waals surface area (Å²) in [5.41, 5.74) is 6.37. The van der Waals surface area contributed by atoms with E-state index in [9.17, 15) is 0 Å². The Hall–Kier alpha value is -0.120. The molecule has 3 nitrogen and oxygen atoms in total. The molecule has 0 bridgehead atoms. The summed E-state index contributed by atoms with van der Waals surface area (Å²) in [6, 6.07) is 1.45. The van der Waals surface area contributed by atoms with Gasteiger partial charge in [0.25, 0.3) is 0 Å². The first-order valence-corrected chi connectivity index (χ1v) is 7.87. The fourth-order valence-electron chi connectivity index (χ4n) is 4.08. The molecule has 0 saturated carbocycles. The second kappa shape index (κ2) is 5.89. The fraction of sp³-hybridized carbons (Fsp3) is 1.00. The zero-order valence-electron chi connectivity index (χ0n) is 12.5. The van der Waals surface area contributed by atoms with Gasteiger partial charge in [0.05, 0.1) is 0 Å². The van der Waals surface area contributed by atoms with Gasteiger partial charge >= 0.3 is 0 Å². The lowest BCUT2D eigenvalue weighted by Crippen LogP contribution is -2.66. The van der Waals surface area contributed by atoms with E-state index >= 15 is 0 Å². The molecule has 2 rings (SSSR count). The van der Waals surface area contributed by atoms with Gasteiger partial charge in [0.1, 0.15) is 0 Å². The van der Waals surface area contributed by atoms with Crippen LogP contribution in [0, 0.1) is 0 Å². The lowest BCUT2D eigenvalue weighted by Gasteiger charge is -2.54. The second-order valence-electron chi connectivity index (χ2n) is 6.28. The Morgan fingerprint density at radius 2 is 1.89 bits per heavy atom. The molecule has 0 amide bonds. The minimum absolute atomic E-state index is 0.239. The van der Waals surface area contributed by atoms with Crippen molar-refractivity contribution in [1.82, 2.24) is 9.80 Å². The van der Waals surface area contributed by atoms with Crippen LogP contribution in [0.3, 0.4) is 0 Å². The van der Waals surface area contributed by atoms with Gasteiger partial charge in [-0.1, -0.05) is 20.3 Å². The minimum atomic E-state index is 0.239. The molecule has 2 atom stereocenters. The average Bonchev–Trinajstić information content (AvgIpc) is 2.41. The number of nitrogens with zero attached hydrogens (tertiary/aromatic N) is 2. The molecule has 3 heteroatoms. The third kappa shape index (κ3) is 2.45. The molecule has 2 heterocycles. The zero-order valence-corrected chi connectivity index (χ0v) is 12.5. The van der Waals surface area contributed by atoms with Gasteiger partial charge < -0.3 is 5.73 Å². The highest BCUT2D eigenvalue weighted by atomic mass is 15.3. The predicted octanol–water partition coefficient (Wildman–Crippen LogP) is 2.06. The van der Waals surface area contributed by atoms with Crippen molar-refractivity contribution in [3.8, 4) is 0 Å². The first-order valence-electron chi connectivity index (χ1n) is 7.87. The monoisotopic (exact) mass is 253 g/mol. The third-order valence-electron chi connectivity index (χ3n) is 5.49. The van der Waals surface area contributed by atoms with Crippen LogP contribution in [-0.4, -0.2) is 53.6 Å². The molecule has 2 saturated heterocycles.